The monoisotopic (exact) mass is 350 g/mol. The van der Waals surface area contributed by atoms with Crippen LogP contribution in [-0.2, 0) is 0 Å². The Balaban J connectivity index is 1.57. The molecule has 0 spiro atoms. The highest BCUT2D eigenvalue weighted by atomic mass is 32.1. The van der Waals surface area contributed by atoms with Crippen molar-refractivity contribution in [2.75, 3.05) is 6.54 Å². The smallest absolute Gasteiger partial charge is 0.263 e. The number of carbonyl (C=O) groups excluding carboxylic acids is 2. The summed E-state index contributed by atoms with van der Waals surface area (Å²) in [6.07, 6.45) is 5.35. The summed E-state index contributed by atoms with van der Waals surface area (Å²) in [7, 11) is 0. The van der Waals surface area contributed by atoms with Gasteiger partial charge < -0.3 is 10.6 Å². The zero-order valence-corrected chi connectivity index (χ0v) is 14.6. The van der Waals surface area contributed by atoms with Gasteiger partial charge in [-0.2, -0.15) is 0 Å². The van der Waals surface area contributed by atoms with E-state index in [1.165, 1.54) is 22.7 Å². The molecule has 8 heteroatoms. The van der Waals surface area contributed by atoms with E-state index < -0.39 is 0 Å². The molecule has 1 atom stereocenters. The van der Waals surface area contributed by atoms with Crippen LogP contribution in [0.25, 0.3) is 0 Å². The highest BCUT2D eigenvalue weighted by molar-refractivity contribution is 7.13. The molecule has 2 N–H and O–H groups in total. The Morgan fingerprint density at radius 2 is 1.70 bits per heavy atom. The second kappa shape index (κ2) is 6.76. The Hall–Kier alpha value is -1.80. The lowest BCUT2D eigenvalue weighted by molar-refractivity contribution is 0.0907. The van der Waals surface area contributed by atoms with E-state index in [4.69, 9.17) is 0 Å². The molecule has 0 aliphatic heterocycles. The van der Waals surface area contributed by atoms with Crippen LogP contribution in [0.5, 0.6) is 0 Å². The Morgan fingerprint density at radius 3 is 2.17 bits per heavy atom. The van der Waals surface area contributed by atoms with E-state index in [-0.39, 0.29) is 17.9 Å². The molecule has 0 unspecified atom stereocenters. The van der Waals surface area contributed by atoms with E-state index in [0.717, 1.165) is 22.9 Å². The van der Waals surface area contributed by atoms with Gasteiger partial charge in [0, 0.05) is 12.6 Å². The second-order valence-corrected chi connectivity index (χ2v) is 8.08. The average Bonchev–Trinajstić information content (AvgIpc) is 3.13. The number of hydrogen-bond donors (Lipinski definition) is 2. The SMILES string of the molecule is Cc1ncc(C(=O)NC[C@H](NC(=O)c2cnc(C)s2)C2CC2)s1. The highest BCUT2D eigenvalue weighted by Gasteiger charge is 2.33. The topological polar surface area (TPSA) is 84.0 Å². The minimum Gasteiger partial charge on any atom is -0.349 e. The molecule has 0 saturated heterocycles. The number of thiazole rings is 2. The number of amides is 2. The zero-order valence-electron chi connectivity index (χ0n) is 13.0. The number of nitrogens with zero attached hydrogens (tertiary/aromatic N) is 2. The van der Waals surface area contributed by atoms with Crippen molar-refractivity contribution in [3.8, 4) is 0 Å². The van der Waals surface area contributed by atoms with Gasteiger partial charge >= 0.3 is 0 Å². The van der Waals surface area contributed by atoms with E-state index in [1.807, 2.05) is 13.8 Å². The lowest BCUT2D eigenvalue weighted by Crippen LogP contribution is -2.44. The molecular weight excluding hydrogens is 332 g/mol. The minimum absolute atomic E-state index is 0.0390. The Bertz CT molecular complexity index is 721. The lowest BCUT2D eigenvalue weighted by Gasteiger charge is -2.18. The molecule has 1 aliphatic carbocycles. The van der Waals surface area contributed by atoms with Gasteiger partial charge in [-0.1, -0.05) is 0 Å². The fourth-order valence-corrected chi connectivity index (χ4v) is 3.67. The van der Waals surface area contributed by atoms with E-state index in [2.05, 4.69) is 20.6 Å². The molecule has 2 aromatic rings. The van der Waals surface area contributed by atoms with Crippen molar-refractivity contribution in [1.82, 2.24) is 20.6 Å². The number of rotatable bonds is 6. The van der Waals surface area contributed by atoms with Crippen LogP contribution in [0.4, 0.5) is 0 Å². The summed E-state index contributed by atoms with van der Waals surface area (Å²) in [5, 5.41) is 7.66. The van der Waals surface area contributed by atoms with Crippen LogP contribution in [0.1, 0.15) is 42.2 Å². The Labute approximate surface area is 142 Å². The molecule has 6 nitrogen and oxygen atoms in total. The molecule has 2 amide bonds. The maximum atomic E-state index is 12.3. The molecule has 0 bridgehead atoms. The number of carbonyl (C=O) groups is 2. The van der Waals surface area contributed by atoms with E-state index in [9.17, 15) is 9.59 Å². The quantitative estimate of drug-likeness (QED) is 0.836. The molecule has 122 valence electrons. The molecular formula is C15H18N4O2S2. The molecule has 1 aliphatic rings. The first-order chi connectivity index (χ1) is 11.0. The largest absolute Gasteiger partial charge is 0.349 e. The third-order valence-electron chi connectivity index (χ3n) is 3.68. The summed E-state index contributed by atoms with van der Waals surface area (Å²) < 4.78 is 0. The summed E-state index contributed by atoms with van der Waals surface area (Å²) >= 11 is 2.74. The van der Waals surface area contributed by atoms with Gasteiger partial charge in [0.2, 0.25) is 0 Å². The van der Waals surface area contributed by atoms with Crippen LogP contribution in [0.15, 0.2) is 12.4 Å². The first-order valence-electron chi connectivity index (χ1n) is 7.47. The van der Waals surface area contributed by atoms with Crippen molar-refractivity contribution in [1.29, 1.82) is 0 Å². The highest BCUT2D eigenvalue weighted by Crippen LogP contribution is 2.32. The van der Waals surface area contributed by atoms with Crippen LogP contribution < -0.4 is 10.6 Å². The maximum Gasteiger partial charge on any atom is 0.263 e. The van der Waals surface area contributed by atoms with Crippen LogP contribution in [0.2, 0.25) is 0 Å². The second-order valence-electron chi connectivity index (χ2n) is 5.61. The predicted octanol–water partition coefficient (Wildman–Crippen LogP) is 2.15. The first-order valence-corrected chi connectivity index (χ1v) is 9.10. The van der Waals surface area contributed by atoms with Crippen molar-refractivity contribution in [3.63, 3.8) is 0 Å². The minimum atomic E-state index is -0.135. The van der Waals surface area contributed by atoms with Gasteiger partial charge in [-0.25, -0.2) is 9.97 Å². The number of hydrogen-bond acceptors (Lipinski definition) is 6. The van der Waals surface area contributed by atoms with Crippen LogP contribution in [-0.4, -0.2) is 34.4 Å². The van der Waals surface area contributed by atoms with Gasteiger partial charge in [0.25, 0.3) is 11.8 Å². The van der Waals surface area contributed by atoms with E-state index >= 15 is 0 Å². The third-order valence-corrected chi connectivity index (χ3v) is 5.50. The third kappa shape index (κ3) is 4.14. The molecule has 3 rings (SSSR count). The van der Waals surface area contributed by atoms with Gasteiger partial charge in [-0.15, -0.1) is 22.7 Å². The van der Waals surface area contributed by atoms with Gasteiger partial charge in [-0.05, 0) is 32.6 Å². The normalized spacial score (nSPS) is 15.2. The van der Waals surface area contributed by atoms with Gasteiger partial charge in [-0.3, -0.25) is 9.59 Å². The summed E-state index contributed by atoms with van der Waals surface area (Å²) in [6.45, 7) is 4.17. The van der Waals surface area contributed by atoms with Gasteiger partial charge in [0.05, 0.1) is 22.4 Å². The van der Waals surface area contributed by atoms with Crippen molar-refractivity contribution in [3.05, 3.63) is 32.2 Å². The number of aryl methyl sites for hydroxylation is 2. The summed E-state index contributed by atoms with van der Waals surface area (Å²) in [6, 6.07) is -0.0390. The number of nitrogens with one attached hydrogen (secondary N) is 2. The van der Waals surface area contributed by atoms with Crippen LogP contribution in [0.3, 0.4) is 0 Å². The Morgan fingerprint density at radius 1 is 1.13 bits per heavy atom. The lowest BCUT2D eigenvalue weighted by atomic mass is 10.2. The maximum absolute atomic E-state index is 12.3. The van der Waals surface area contributed by atoms with Crippen molar-refractivity contribution in [2.45, 2.75) is 32.7 Å². The fourth-order valence-electron chi connectivity index (χ4n) is 2.30. The van der Waals surface area contributed by atoms with Gasteiger partial charge in [0.15, 0.2) is 0 Å². The average molecular weight is 350 g/mol. The van der Waals surface area contributed by atoms with Crippen molar-refractivity contribution in [2.24, 2.45) is 5.92 Å². The van der Waals surface area contributed by atoms with Crippen molar-refractivity contribution >= 4 is 34.5 Å². The standard InChI is InChI=1S/C15H18N4O2S2/c1-8-16-6-12(22-8)14(20)18-5-11(10-3-4-10)19-15(21)13-7-17-9(2)23-13/h6-7,10-11H,3-5H2,1-2H3,(H,18,20)(H,19,21)/t11-/m0/s1. The molecule has 1 saturated carbocycles. The van der Waals surface area contributed by atoms with E-state index in [0.29, 0.717) is 22.2 Å². The summed E-state index contributed by atoms with van der Waals surface area (Å²) in [4.78, 5) is 33.8. The molecule has 2 heterocycles. The molecule has 23 heavy (non-hydrogen) atoms. The van der Waals surface area contributed by atoms with Crippen LogP contribution in [0, 0.1) is 19.8 Å². The van der Waals surface area contributed by atoms with E-state index in [1.54, 1.807) is 12.4 Å². The molecule has 2 aromatic heterocycles. The predicted molar refractivity (Wildman–Crippen MR) is 90.0 cm³/mol. The van der Waals surface area contributed by atoms with Gasteiger partial charge in [0.1, 0.15) is 9.75 Å². The van der Waals surface area contributed by atoms with Crippen molar-refractivity contribution < 1.29 is 9.59 Å². The van der Waals surface area contributed by atoms with Crippen LogP contribution >= 0.6 is 22.7 Å². The molecule has 1 fully saturated rings. The molecule has 0 aromatic carbocycles. The number of aromatic nitrogens is 2. The summed E-state index contributed by atoms with van der Waals surface area (Å²) in [5.41, 5.74) is 0. The summed E-state index contributed by atoms with van der Waals surface area (Å²) in [5.74, 6) is 0.191. The zero-order chi connectivity index (χ0) is 16.4. The molecule has 0 radical (unpaired) electrons. The Kier molecular flexibility index (Phi) is 4.72. The first kappa shape index (κ1) is 16.1. The fraction of sp³-hybridized carbons (Fsp3) is 0.467.